The molecule has 8 nitrogen and oxygen atoms in total. The third kappa shape index (κ3) is 4.33. The molecule has 0 bridgehead atoms. The van der Waals surface area contributed by atoms with E-state index in [1.807, 2.05) is 0 Å². The number of carbonyl (C=O) groups excluding carboxylic acids is 1. The molecule has 134 valence electrons. The van der Waals surface area contributed by atoms with Crippen molar-refractivity contribution < 1.29 is 14.3 Å². The standard InChI is InChI=1S/C16H25N3O5/c1-18-10-13(15(21)19(2)16(18)22)17-14(20)11-4-6-12(7-5-11)24-9-8-23-3/h10-12H,4-9H2,1-3H3,(H,17,20). The molecule has 1 aliphatic carbocycles. The SMILES string of the molecule is COCCOC1CCC(C(=O)Nc2cn(C)c(=O)n(C)c2=O)CC1. The summed E-state index contributed by atoms with van der Waals surface area (Å²) in [7, 11) is 4.57. The van der Waals surface area contributed by atoms with Crippen molar-refractivity contribution >= 4 is 11.6 Å². The predicted molar refractivity (Wildman–Crippen MR) is 89.1 cm³/mol. The Morgan fingerprint density at radius 3 is 2.50 bits per heavy atom. The lowest BCUT2D eigenvalue weighted by molar-refractivity contribution is -0.121. The van der Waals surface area contributed by atoms with Crippen molar-refractivity contribution in [3.63, 3.8) is 0 Å². The van der Waals surface area contributed by atoms with Crippen molar-refractivity contribution in [1.82, 2.24) is 9.13 Å². The lowest BCUT2D eigenvalue weighted by Gasteiger charge is -2.27. The summed E-state index contributed by atoms with van der Waals surface area (Å²) in [6, 6.07) is 0. The molecule has 0 unspecified atom stereocenters. The van der Waals surface area contributed by atoms with E-state index in [4.69, 9.17) is 9.47 Å². The number of anilines is 1. The molecule has 2 rings (SSSR count). The zero-order chi connectivity index (χ0) is 17.7. The minimum absolute atomic E-state index is 0.128. The molecular weight excluding hydrogens is 314 g/mol. The quantitative estimate of drug-likeness (QED) is 0.750. The van der Waals surface area contributed by atoms with E-state index in [0.717, 1.165) is 30.3 Å². The topological polar surface area (TPSA) is 91.6 Å². The van der Waals surface area contributed by atoms with Gasteiger partial charge in [0.25, 0.3) is 5.56 Å². The number of hydrogen-bond donors (Lipinski definition) is 1. The second-order valence-corrected chi connectivity index (χ2v) is 6.13. The van der Waals surface area contributed by atoms with Gasteiger partial charge in [-0.3, -0.25) is 14.2 Å². The number of aryl methyl sites for hydroxylation is 1. The number of carbonyl (C=O) groups is 1. The zero-order valence-corrected chi connectivity index (χ0v) is 14.4. The molecule has 0 radical (unpaired) electrons. The molecule has 0 spiro atoms. The zero-order valence-electron chi connectivity index (χ0n) is 14.4. The normalized spacial score (nSPS) is 20.8. The molecule has 8 heteroatoms. The van der Waals surface area contributed by atoms with Crippen molar-refractivity contribution in [3.05, 3.63) is 27.0 Å². The lowest BCUT2D eigenvalue weighted by atomic mass is 9.86. The van der Waals surface area contributed by atoms with Gasteiger partial charge >= 0.3 is 5.69 Å². The molecule has 0 atom stereocenters. The van der Waals surface area contributed by atoms with Crippen LogP contribution in [0.25, 0.3) is 0 Å². The van der Waals surface area contributed by atoms with Gasteiger partial charge in [0.05, 0.1) is 19.3 Å². The van der Waals surface area contributed by atoms with Crippen molar-refractivity contribution in [2.45, 2.75) is 31.8 Å². The van der Waals surface area contributed by atoms with Gasteiger partial charge in [-0.1, -0.05) is 0 Å². The molecular formula is C16H25N3O5. The summed E-state index contributed by atoms with van der Waals surface area (Å²) >= 11 is 0. The number of amides is 1. The third-order valence-electron chi connectivity index (χ3n) is 4.39. The fourth-order valence-corrected chi connectivity index (χ4v) is 2.92. The van der Waals surface area contributed by atoms with Gasteiger partial charge in [0.1, 0.15) is 5.69 Å². The fraction of sp³-hybridized carbons (Fsp3) is 0.688. The van der Waals surface area contributed by atoms with Crippen LogP contribution in [0.5, 0.6) is 0 Å². The van der Waals surface area contributed by atoms with Gasteiger partial charge in [-0.25, -0.2) is 4.79 Å². The first-order valence-electron chi connectivity index (χ1n) is 8.12. The van der Waals surface area contributed by atoms with Gasteiger partial charge in [0.15, 0.2) is 0 Å². The van der Waals surface area contributed by atoms with E-state index < -0.39 is 11.2 Å². The summed E-state index contributed by atoms with van der Waals surface area (Å²) in [5.41, 5.74) is -0.794. The van der Waals surface area contributed by atoms with Crippen LogP contribution in [-0.2, 0) is 28.4 Å². The first kappa shape index (κ1) is 18.4. The highest BCUT2D eigenvalue weighted by Crippen LogP contribution is 2.27. The van der Waals surface area contributed by atoms with Crippen LogP contribution in [0.15, 0.2) is 15.8 Å². The van der Waals surface area contributed by atoms with Gasteiger partial charge < -0.3 is 19.4 Å². The summed E-state index contributed by atoms with van der Waals surface area (Å²) in [4.78, 5) is 36.1. The average molecular weight is 339 g/mol. The maximum absolute atomic E-state index is 12.4. The second kappa shape index (κ2) is 8.25. The van der Waals surface area contributed by atoms with Crippen LogP contribution in [0.1, 0.15) is 25.7 Å². The number of hydrogen-bond acceptors (Lipinski definition) is 5. The molecule has 24 heavy (non-hydrogen) atoms. The number of rotatable bonds is 6. The highest BCUT2D eigenvalue weighted by molar-refractivity contribution is 5.92. The number of methoxy groups -OCH3 is 1. The number of ether oxygens (including phenoxy) is 2. The van der Waals surface area contributed by atoms with Gasteiger partial charge in [-0.05, 0) is 25.7 Å². The molecule has 1 aromatic heterocycles. The van der Waals surface area contributed by atoms with Crippen LogP contribution in [-0.4, -0.2) is 41.5 Å². The summed E-state index contributed by atoms with van der Waals surface area (Å²) < 4.78 is 12.9. The minimum Gasteiger partial charge on any atom is -0.382 e. The van der Waals surface area contributed by atoms with Crippen molar-refractivity contribution in [3.8, 4) is 0 Å². The Morgan fingerprint density at radius 1 is 1.21 bits per heavy atom. The van der Waals surface area contributed by atoms with Crippen LogP contribution in [0, 0.1) is 5.92 Å². The summed E-state index contributed by atoms with van der Waals surface area (Å²) in [6.07, 6.45) is 4.59. The van der Waals surface area contributed by atoms with Gasteiger partial charge in [0, 0.05) is 33.3 Å². The predicted octanol–water partition coefficient (Wildman–Crippen LogP) is 0.244. The number of nitrogens with one attached hydrogen (secondary N) is 1. The van der Waals surface area contributed by atoms with Gasteiger partial charge in [-0.15, -0.1) is 0 Å². The van der Waals surface area contributed by atoms with E-state index in [9.17, 15) is 14.4 Å². The molecule has 1 saturated carbocycles. The Labute approximate surface area is 140 Å². The Morgan fingerprint density at radius 2 is 1.88 bits per heavy atom. The average Bonchev–Trinajstić information content (AvgIpc) is 2.58. The molecule has 1 fully saturated rings. The van der Waals surface area contributed by atoms with E-state index in [-0.39, 0.29) is 23.6 Å². The molecule has 1 amide bonds. The first-order chi connectivity index (χ1) is 11.4. The molecule has 1 aromatic rings. The fourth-order valence-electron chi connectivity index (χ4n) is 2.92. The largest absolute Gasteiger partial charge is 0.382 e. The Kier molecular flexibility index (Phi) is 6.33. The third-order valence-corrected chi connectivity index (χ3v) is 4.39. The van der Waals surface area contributed by atoms with Crippen LogP contribution in [0.4, 0.5) is 5.69 Å². The number of nitrogens with zero attached hydrogens (tertiary/aromatic N) is 2. The molecule has 0 saturated heterocycles. The van der Waals surface area contributed by atoms with Gasteiger partial charge in [-0.2, -0.15) is 0 Å². The highest BCUT2D eigenvalue weighted by Gasteiger charge is 2.27. The van der Waals surface area contributed by atoms with E-state index in [2.05, 4.69) is 5.32 Å². The maximum Gasteiger partial charge on any atom is 0.330 e. The van der Waals surface area contributed by atoms with E-state index in [0.29, 0.717) is 13.2 Å². The summed E-state index contributed by atoms with van der Waals surface area (Å²) in [5, 5.41) is 2.66. The Bertz CT molecular complexity index is 686. The summed E-state index contributed by atoms with van der Waals surface area (Å²) in [5.74, 6) is -0.324. The Hall–Kier alpha value is -1.93. The van der Waals surface area contributed by atoms with E-state index >= 15 is 0 Å². The lowest BCUT2D eigenvalue weighted by Crippen LogP contribution is -2.39. The smallest absolute Gasteiger partial charge is 0.330 e. The van der Waals surface area contributed by atoms with Crippen molar-refractivity contribution in [2.75, 3.05) is 25.6 Å². The van der Waals surface area contributed by atoms with Crippen LogP contribution < -0.4 is 16.6 Å². The molecule has 0 aliphatic heterocycles. The Balaban J connectivity index is 1.93. The molecule has 1 N–H and O–H groups in total. The van der Waals surface area contributed by atoms with E-state index in [1.54, 1.807) is 14.2 Å². The second-order valence-electron chi connectivity index (χ2n) is 6.13. The molecule has 1 aliphatic rings. The first-order valence-corrected chi connectivity index (χ1v) is 8.12. The van der Waals surface area contributed by atoms with Crippen LogP contribution >= 0.6 is 0 Å². The van der Waals surface area contributed by atoms with E-state index in [1.165, 1.54) is 17.8 Å². The summed E-state index contributed by atoms with van der Waals surface area (Å²) in [6.45, 7) is 1.13. The van der Waals surface area contributed by atoms with Gasteiger partial charge in [0.2, 0.25) is 5.91 Å². The number of aromatic nitrogens is 2. The van der Waals surface area contributed by atoms with Crippen molar-refractivity contribution in [1.29, 1.82) is 0 Å². The van der Waals surface area contributed by atoms with Crippen LogP contribution in [0.2, 0.25) is 0 Å². The monoisotopic (exact) mass is 339 g/mol. The highest BCUT2D eigenvalue weighted by atomic mass is 16.5. The maximum atomic E-state index is 12.4. The van der Waals surface area contributed by atoms with Crippen LogP contribution in [0.3, 0.4) is 0 Å². The minimum atomic E-state index is -0.497. The molecule has 1 heterocycles. The molecule has 0 aromatic carbocycles. The van der Waals surface area contributed by atoms with Crippen molar-refractivity contribution in [2.24, 2.45) is 20.0 Å².